The van der Waals surface area contributed by atoms with Crippen molar-refractivity contribution >= 4 is 17.4 Å². The molecule has 0 aliphatic carbocycles. The molecule has 100 valence electrons. The predicted octanol–water partition coefficient (Wildman–Crippen LogP) is 1.84. The monoisotopic (exact) mass is 269 g/mol. The van der Waals surface area contributed by atoms with Gasteiger partial charge in [-0.25, -0.2) is 4.98 Å². The van der Waals surface area contributed by atoms with Crippen LogP contribution in [0, 0.1) is 0 Å². The average molecular weight is 270 g/mol. The zero-order chi connectivity index (χ0) is 12.8. The fourth-order valence-electron chi connectivity index (χ4n) is 2.19. The van der Waals surface area contributed by atoms with E-state index >= 15 is 0 Å². The van der Waals surface area contributed by atoms with Crippen molar-refractivity contribution in [1.82, 2.24) is 9.88 Å². The van der Waals surface area contributed by atoms with E-state index in [1.54, 1.807) is 0 Å². The van der Waals surface area contributed by atoms with Gasteiger partial charge in [0, 0.05) is 44.8 Å². The fourth-order valence-corrected chi connectivity index (χ4v) is 2.43. The highest BCUT2D eigenvalue weighted by Crippen LogP contribution is 2.25. The van der Waals surface area contributed by atoms with Crippen LogP contribution in [-0.2, 0) is 0 Å². The van der Waals surface area contributed by atoms with E-state index in [-0.39, 0.29) is 0 Å². The van der Waals surface area contributed by atoms with Crippen LogP contribution < -0.4 is 9.64 Å². The molecular formula is C13H20ClN3O. The van der Waals surface area contributed by atoms with Gasteiger partial charge in [-0.05, 0) is 19.1 Å². The minimum Gasteiger partial charge on any atom is -0.490 e. The van der Waals surface area contributed by atoms with Crippen molar-refractivity contribution in [2.45, 2.75) is 6.92 Å². The number of anilines is 1. The molecule has 0 amide bonds. The number of ether oxygens (including phenoxy) is 1. The Kier molecular flexibility index (Phi) is 5.08. The van der Waals surface area contributed by atoms with Gasteiger partial charge in [-0.2, -0.15) is 0 Å². The Balaban J connectivity index is 2.00. The second-order valence-electron chi connectivity index (χ2n) is 4.28. The molecule has 4 nitrogen and oxygen atoms in total. The summed E-state index contributed by atoms with van der Waals surface area (Å²) in [6.45, 7) is 7.67. The lowest BCUT2D eigenvalue weighted by molar-refractivity contribution is 0.270. The third kappa shape index (κ3) is 3.27. The van der Waals surface area contributed by atoms with Gasteiger partial charge in [0.05, 0.1) is 6.61 Å². The number of halogens is 1. The second-order valence-corrected chi connectivity index (χ2v) is 4.65. The van der Waals surface area contributed by atoms with E-state index in [1.807, 2.05) is 25.3 Å². The van der Waals surface area contributed by atoms with Gasteiger partial charge in [0.2, 0.25) is 0 Å². The first kappa shape index (κ1) is 13.4. The fraction of sp³-hybridized carbons (Fsp3) is 0.615. The van der Waals surface area contributed by atoms with Crippen LogP contribution in [0.15, 0.2) is 18.3 Å². The van der Waals surface area contributed by atoms with Gasteiger partial charge < -0.3 is 9.64 Å². The van der Waals surface area contributed by atoms with E-state index < -0.39 is 0 Å². The second kappa shape index (κ2) is 6.81. The van der Waals surface area contributed by atoms with Crippen molar-refractivity contribution in [2.24, 2.45) is 0 Å². The molecule has 0 bridgehead atoms. The SMILES string of the molecule is CCOc1cccnc1N1CCN(CCCl)CC1. The van der Waals surface area contributed by atoms with Gasteiger partial charge in [0.1, 0.15) is 0 Å². The summed E-state index contributed by atoms with van der Waals surface area (Å²) >= 11 is 5.77. The van der Waals surface area contributed by atoms with E-state index in [0.29, 0.717) is 12.5 Å². The van der Waals surface area contributed by atoms with Crippen LogP contribution in [0.3, 0.4) is 0 Å². The van der Waals surface area contributed by atoms with Crippen molar-refractivity contribution in [3.05, 3.63) is 18.3 Å². The first-order chi connectivity index (χ1) is 8.85. The molecule has 0 atom stereocenters. The van der Waals surface area contributed by atoms with Crippen LogP contribution in [0.1, 0.15) is 6.92 Å². The Hall–Kier alpha value is -1.00. The minimum atomic E-state index is 0.672. The highest BCUT2D eigenvalue weighted by atomic mass is 35.5. The molecule has 0 saturated carbocycles. The molecule has 1 aromatic rings. The van der Waals surface area contributed by atoms with Crippen molar-refractivity contribution < 1.29 is 4.74 Å². The summed E-state index contributed by atoms with van der Waals surface area (Å²) in [4.78, 5) is 9.12. The summed E-state index contributed by atoms with van der Waals surface area (Å²) in [7, 11) is 0. The van der Waals surface area contributed by atoms with Gasteiger partial charge in [0.15, 0.2) is 11.6 Å². The third-order valence-electron chi connectivity index (χ3n) is 3.12. The van der Waals surface area contributed by atoms with Crippen molar-refractivity contribution in [2.75, 3.05) is 50.1 Å². The molecule has 2 heterocycles. The number of nitrogens with zero attached hydrogens (tertiary/aromatic N) is 3. The summed E-state index contributed by atoms with van der Waals surface area (Å²) in [6, 6.07) is 3.90. The summed E-state index contributed by atoms with van der Waals surface area (Å²) in [5.74, 6) is 2.55. The highest BCUT2D eigenvalue weighted by Gasteiger charge is 2.20. The van der Waals surface area contributed by atoms with Crippen LogP contribution >= 0.6 is 11.6 Å². The maximum atomic E-state index is 5.77. The van der Waals surface area contributed by atoms with E-state index in [1.165, 1.54) is 0 Å². The molecule has 5 heteroatoms. The number of rotatable bonds is 5. The van der Waals surface area contributed by atoms with Gasteiger partial charge in [-0.3, -0.25) is 4.90 Å². The standard InChI is InChI=1S/C13H20ClN3O/c1-2-18-12-4-3-6-15-13(12)17-10-8-16(7-5-14)9-11-17/h3-4,6H,2,5,7-11H2,1H3. The number of piperazine rings is 1. The minimum absolute atomic E-state index is 0.672. The zero-order valence-electron chi connectivity index (χ0n) is 10.8. The van der Waals surface area contributed by atoms with Crippen LogP contribution in [0.25, 0.3) is 0 Å². The molecule has 1 aromatic heterocycles. The molecular weight excluding hydrogens is 250 g/mol. The van der Waals surface area contributed by atoms with Crippen LogP contribution in [0.4, 0.5) is 5.82 Å². The van der Waals surface area contributed by atoms with Crippen molar-refractivity contribution in [3.8, 4) is 5.75 Å². The molecule has 1 saturated heterocycles. The molecule has 1 fully saturated rings. The van der Waals surface area contributed by atoms with E-state index in [4.69, 9.17) is 16.3 Å². The first-order valence-corrected chi connectivity index (χ1v) is 6.99. The van der Waals surface area contributed by atoms with Crippen LogP contribution in [0.2, 0.25) is 0 Å². The van der Waals surface area contributed by atoms with Gasteiger partial charge in [0.25, 0.3) is 0 Å². The number of hydrogen-bond acceptors (Lipinski definition) is 4. The lowest BCUT2D eigenvalue weighted by atomic mass is 10.3. The van der Waals surface area contributed by atoms with E-state index in [2.05, 4.69) is 14.8 Å². The molecule has 0 spiro atoms. The molecule has 0 unspecified atom stereocenters. The van der Waals surface area contributed by atoms with Crippen LogP contribution in [0.5, 0.6) is 5.75 Å². The molecule has 0 radical (unpaired) electrons. The largest absolute Gasteiger partial charge is 0.490 e. The highest BCUT2D eigenvalue weighted by molar-refractivity contribution is 6.18. The normalized spacial score (nSPS) is 16.9. The summed E-state index contributed by atoms with van der Waals surface area (Å²) < 4.78 is 5.63. The number of aromatic nitrogens is 1. The molecule has 0 N–H and O–H groups in total. The quantitative estimate of drug-likeness (QED) is 0.763. The maximum absolute atomic E-state index is 5.77. The Morgan fingerprint density at radius 2 is 2.11 bits per heavy atom. The molecule has 2 rings (SSSR count). The Morgan fingerprint density at radius 3 is 2.78 bits per heavy atom. The van der Waals surface area contributed by atoms with Gasteiger partial charge >= 0.3 is 0 Å². The van der Waals surface area contributed by atoms with E-state index in [9.17, 15) is 0 Å². The van der Waals surface area contributed by atoms with Crippen LogP contribution in [-0.4, -0.2) is 55.1 Å². The zero-order valence-corrected chi connectivity index (χ0v) is 11.6. The smallest absolute Gasteiger partial charge is 0.171 e. The lowest BCUT2D eigenvalue weighted by Gasteiger charge is -2.35. The number of alkyl halides is 1. The van der Waals surface area contributed by atoms with Gasteiger partial charge in [-0.1, -0.05) is 0 Å². The summed E-state index contributed by atoms with van der Waals surface area (Å²) in [6.07, 6.45) is 1.82. The van der Waals surface area contributed by atoms with Crippen molar-refractivity contribution in [1.29, 1.82) is 0 Å². The van der Waals surface area contributed by atoms with E-state index in [0.717, 1.165) is 44.3 Å². The molecule has 0 aromatic carbocycles. The first-order valence-electron chi connectivity index (χ1n) is 6.46. The average Bonchev–Trinajstić information content (AvgIpc) is 2.41. The molecule has 1 aliphatic heterocycles. The Bertz CT molecular complexity index is 367. The number of pyridine rings is 1. The molecule has 18 heavy (non-hydrogen) atoms. The Morgan fingerprint density at radius 1 is 1.33 bits per heavy atom. The topological polar surface area (TPSA) is 28.6 Å². The van der Waals surface area contributed by atoms with Crippen molar-refractivity contribution in [3.63, 3.8) is 0 Å². The van der Waals surface area contributed by atoms with Gasteiger partial charge in [-0.15, -0.1) is 11.6 Å². The third-order valence-corrected chi connectivity index (χ3v) is 3.29. The summed E-state index contributed by atoms with van der Waals surface area (Å²) in [5, 5.41) is 0. The Labute approximate surface area is 114 Å². The summed E-state index contributed by atoms with van der Waals surface area (Å²) in [5.41, 5.74) is 0. The maximum Gasteiger partial charge on any atom is 0.171 e. The lowest BCUT2D eigenvalue weighted by Crippen LogP contribution is -2.47. The molecule has 1 aliphatic rings. The number of hydrogen-bond donors (Lipinski definition) is 0. The predicted molar refractivity (Wildman–Crippen MR) is 74.8 cm³/mol.